The van der Waals surface area contributed by atoms with Crippen LogP contribution in [0.2, 0.25) is 5.02 Å². The summed E-state index contributed by atoms with van der Waals surface area (Å²) >= 11 is 9.32. The predicted molar refractivity (Wildman–Crippen MR) is 124 cm³/mol. The molecule has 0 unspecified atom stereocenters. The van der Waals surface area contributed by atoms with Crippen LogP contribution in [-0.4, -0.2) is 29.7 Å². The van der Waals surface area contributed by atoms with E-state index >= 15 is 0 Å². The molecule has 2 aromatic carbocycles. The molecule has 8 heteroatoms. The van der Waals surface area contributed by atoms with Crippen LogP contribution in [0.1, 0.15) is 24.5 Å². The molecular weight excluding hydrogens is 525 g/mol. The van der Waals surface area contributed by atoms with Crippen LogP contribution < -0.4 is 9.47 Å². The molecule has 0 saturated carbocycles. The lowest BCUT2D eigenvalue weighted by molar-refractivity contribution is -0.122. The molecule has 0 spiro atoms. The van der Waals surface area contributed by atoms with Crippen molar-refractivity contribution in [3.8, 4) is 11.5 Å². The number of rotatable bonds is 7. The van der Waals surface area contributed by atoms with Crippen LogP contribution in [0.3, 0.4) is 0 Å². The van der Waals surface area contributed by atoms with E-state index in [1.807, 2.05) is 37.3 Å². The number of thioether (sulfide) groups is 1. The first-order valence-corrected chi connectivity index (χ1v) is 11.2. The van der Waals surface area contributed by atoms with E-state index in [0.29, 0.717) is 34.6 Å². The number of methoxy groups -OCH3 is 1. The first-order valence-electron chi connectivity index (χ1n) is 8.93. The van der Waals surface area contributed by atoms with E-state index in [4.69, 9.17) is 21.1 Å². The first-order chi connectivity index (χ1) is 13.9. The van der Waals surface area contributed by atoms with Crippen LogP contribution in [0.15, 0.2) is 41.3 Å². The van der Waals surface area contributed by atoms with Gasteiger partial charge in [0.2, 0.25) is 0 Å². The van der Waals surface area contributed by atoms with Gasteiger partial charge in [0.15, 0.2) is 11.5 Å². The minimum absolute atomic E-state index is 0.232. The summed E-state index contributed by atoms with van der Waals surface area (Å²) in [6, 6.07) is 11.2. The number of carbonyl (C=O) groups is 2. The molecular formula is C21H19ClINO4S. The Hall–Kier alpha value is -1.71. The maximum atomic E-state index is 12.5. The Morgan fingerprint density at radius 2 is 2.00 bits per heavy atom. The zero-order chi connectivity index (χ0) is 21.0. The summed E-state index contributed by atoms with van der Waals surface area (Å²) in [6.07, 6.45) is 2.44. The van der Waals surface area contributed by atoms with Gasteiger partial charge in [-0.25, -0.2) is 0 Å². The van der Waals surface area contributed by atoms with Gasteiger partial charge >= 0.3 is 0 Å². The molecule has 1 saturated heterocycles. The second kappa shape index (κ2) is 9.86. The quantitative estimate of drug-likeness (QED) is 0.318. The Morgan fingerprint density at radius 3 is 2.69 bits per heavy atom. The van der Waals surface area contributed by atoms with Gasteiger partial charge in [0.05, 0.1) is 15.6 Å². The van der Waals surface area contributed by atoms with Crippen molar-refractivity contribution in [3.05, 3.63) is 61.0 Å². The number of amides is 2. The third-order valence-corrected chi connectivity index (χ3v) is 6.28. The van der Waals surface area contributed by atoms with Crippen molar-refractivity contribution < 1.29 is 19.1 Å². The zero-order valence-corrected chi connectivity index (χ0v) is 19.6. The highest BCUT2D eigenvalue weighted by atomic mass is 127. The topological polar surface area (TPSA) is 55.8 Å². The number of hydrogen-bond donors (Lipinski definition) is 0. The minimum atomic E-state index is -0.255. The molecule has 29 heavy (non-hydrogen) atoms. The summed E-state index contributed by atoms with van der Waals surface area (Å²) in [6.45, 7) is 2.67. The standard InChI is InChI=1S/C21H19ClINO4S/c1-3-8-24-20(25)18(29-21(24)26)11-13-9-16(23)19(17(10-13)27-2)28-12-14-6-4-5-7-15(14)22/h4-7,9-11H,3,8,12H2,1-2H3/b18-11+. The largest absolute Gasteiger partial charge is 0.493 e. The van der Waals surface area contributed by atoms with E-state index in [1.54, 1.807) is 19.3 Å². The van der Waals surface area contributed by atoms with Crippen molar-refractivity contribution >= 4 is 63.2 Å². The van der Waals surface area contributed by atoms with Gasteiger partial charge in [0.25, 0.3) is 11.1 Å². The van der Waals surface area contributed by atoms with Crippen LogP contribution in [0.5, 0.6) is 11.5 Å². The number of imide groups is 1. The Kier molecular flexibility index (Phi) is 7.48. The highest BCUT2D eigenvalue weighted by molar-refractivity contribution is 14.1. The second-order valence-corrected chi connectivity index (χ2v) is 8.81. The molecule has 0 atom stereocenters. The smallest absolute Gasteiger partial charge is 0.293 e. The van der Waals surface area contributed by atoms with Crippen molar-refractivity contribution in [2.45, 2.75) is 20.0 Å². The van der Waals surface area contributed by atoms with Crippen molar-refractivity contribution in [1.82, 2.24) is 4.90 Å². The monoisotopic (exact) mass is 543 g/mol. The second-order valence-electron chi connectivity index (χ2n) is 6.25. The molecule has 152 valence electrons. The van der Waals surface area contributed by atoms with Crippen molar-refractivity contribution in [2.75, 3.05) is 13.7 Å². The molecule has 0 N–H and O–H groups in total. The highest BCUT2D eigenvalue weighted by Gasteiger charge is 2.34. The zero-order valence-electron chi connectivity index (χ0n) is 15.9. The van der Waals surface area contributed by atoms with Crippen LogP contribution in [-0.2, 0) is 11.4 Å². The molecule has 1 aliphatic rings. The number of nitrogens with zero attached hydrogens (tertiary/aromatic N) is 1. The van der Waals surface area contributed by atoms with Gasteiger partial charge in [-0.3, -0.25) is 14.5 Å². The summed E-state index contributed by atoms with van der Waals surface area (Å²) in [5.74, 6) is 0.891. The van der Waals surface area contributed by atoms with Gasteiger partial charge < -0.3 is 9.47 Å². The Balaban J connectivity index is 1.84. The summed E-state index contributed by atoms with van der Waals surface area (Å²) in [5, 5.41) is 0.408. The van der Waals surface area contributed by atoms with Crippen molar-refractivity contribution in [1.29, 1.82) is 0 Å². The Morgan fingerprint density at radius 1 is 1.24 bits per heavy atom. The lowest BCUT2D eigenvalue weighted by Gasteiger charge is -2.14. The summed E-state index contributed by atoms with van der Waals surface area (Å²) in [4.78, 5) is 26.2. The van der Waals surface area contributed by atoms with Gasteiger partial charge in [0.1, 0.15) is 6.61 Å². The van der Waals surface area contributed by atoms with Crippen molar-refractivity contribution in [2.24, 2.45) is 0 Å². The Bertz CT molecular complexity index is 979. The van der Waals surface area contributed by atoms with E-state index < -0.39 is 0 Å². The van der Waals surface area contributed by atoms with Crippen LogP contribution in [0.4, 0.5) is 4.79 Å². The predicted octanol–water partition coefficient (Wildman–Crippen LogP) is 5.98. The van der Waals surface area contributed by atoms with E-state index in [0.717, 1.165) is 32.9 Å². The number of hydrogen-bond acceptors (Lipinski definition) is 5. The summed E-state index contributed by atoms with van der Waals surface area (Å²) < 4.78 is 12.3. The van der Waals surface area contributed by atoms with Gasteiger partial charge in [-0.2, -0.15) is 0 Å². The van der Waals surface area contributed by atoms with Gasteiger partial charge in [0, 0.05) is 17.1 Å². The molecule has 3 rings (SSSR count). The van der Waals surface area contributed by atoms with Gasteiger partial charge in [-0.1, -0.05) is 36.7 Å². The molecule has 5 nitrogen and oxygen atoms in total. The first kappa shape index (κ1) is 22.0. The van der Waals surface area contributed by atoms with Crippen LogP contribution in [0.25, 0.3) is 6.08 Å². The normalized spacial score (nSPS) is 15.3. The number of carbonyl (C=O) groups excluding carboxylic acids is 2. The van der Waals surface area contributed by atoms with E-state index in [2.05, 4.69) is 22.6 Å². The number of benzene rings is 2. The molecule has 1 fully saturated rings. The maximum absolute atomic E-state index is 12.5. The molecule has 1 heterocycles. The van der Waals surface area contributed by atoms with Crippen LogP contribution >= 0.6 is 46.0 Å². The molecule has 0 radical (unpaired) electrons. The fourth-order valence-electron chi connectivity index (χ4n) is 2.80. The molecule has 0 aromatic heterocycles. The summed E-state index contributed by atoms with van der Waals surface area (Å²) in [5.41, 5.74) is 1.64. The molecule has 2 amide bonds. The fourth-order valence-corrected chi connectivity index (χ4v) is 4.63. The SMILES string of the molecule is CCCN1C(=O)S/C(=C/c2cc(I)c(OCc3ccccc3Cl)c(OC)c2)C1=O. The lowest BCUT2D eigenvalue weighted by atomic mass is 10.1. The fraction of sp³-hybridized carbons (Fsp3) is 0.238. The average Bonchev–Trinajstić information content (AvgIpc) is 2.95. The molecule has 1 aliphatic heterocycles. The van der Waals surface area contributed by atoms with E-state index in [9.17, 15) is 9.59 Å². The van der Waals surface area contributed by atoms with Crippen LogP contribution in [0, 0.1) is 3.57 Å². The minimum Gasteiger partial charge on any atom is -0.493 e. The molecule has 0 bridgehead atoms. The van der Waals surface area contributed by atoms with E-state index in [1.165, 1.54) is 4.90 Å². The maximum Gasteiger partial charge on any atom is 0.293 e. The third kappa shape index (κ3) is 5.07. The highest BCUT2D eigenvalue weighted by Crippen LogP contribution is 2.37. The Labute approximate surface area is 192 Å². The van der Waals surface area contributed by atoms with E-state index in [-0.39, 0.29) is 11.1 Å². The summed E-state index contributed by atoms with van der Waals surface area (Å²) in [7, 11) is 1.56. The van der Waals surface area contributed by atoms with Gasteiger partial charge in [-0.05, 0) is 70.6 Å². The number of ether oxygens (including phenoxy) is 2. The number of halogens is 2. The average molecular weight is 544 g/mol. The van der Waals surface area contributed by atoms with Crippen molar-refractivity contribution in [3.63, 3.8) is 0 Å². The molecule has 0 aliphatic carbocycles. The van der Waals surface area contributed by atoms with Gasteiger partial charge in [-0.15, -0.1) is 0 Å². The lowest BCUT2D eigenvalue weighted by Crippen LogP contribution is -2.28. The molecule has 2 aromatic rings. The third-order valence-electron chi connectivity index (χ3n) is 4.20.